The van der Waals surface area contributed by atoms with Gasteiger partial charge in [-0.15, -0.1) is 11.3 Å². The van der Waals surface area contributed by atoms with Crippen molar-refractivity contribution in [2.24, 2.45) is 0 Å². The van der Waals surface area contributed by atoms with Gasteiger partial charge in [0.1, 0.15) is 0 Å². The van der Waals surface area contributed by atoms with E-state index in [-0.39, 0.29) is 5.97 Å². The summed E-state index contributed by atoms with van der Waals surface area (Å²) in [5.41, 5.74) is 3.65. The molecule has 0 spiro atoms. The number of nitrogens with zero attached hydrogens (tertiary/aromatic N) is 2. The highest BCUT2D eigenvalue weighted by Gasteiger charge is 2.27. The molecule has 1 aliphatic heterocycles. The van der Waals surface area contributed by atoms with Gasteiger partial charge in [-0.25, -0.2) is 9.78 Å². The summed E-state index contributed by atoms with van der Waals surface area (Å²) in [6.45, 7) is 5.33. The summed E-state index contributed by atoms with van der Waals surface area (Å²) in [6, 6.07) is 10.6. The second-order valence-electron chi connectivity index (χ2n) is 5.82. The summed E-state index contributed by atoms with van der Waals surface area (Å²) in [5, 5.41) is 0. The number of hydrogen-bond acceptors (Lipinski definition) is 5. The predicted octanol–water partition coefficient (Wildman–Crippen LogP) is 3.70. The largest absolute Gasteiger partial charge is 0.461 e. The molecule has 23 heavy (non-hydrogen) atoms. The van der Waals surface area contributed by atoms with Gasteiger partial charge in [0.25, 0.3) is 0 Å². The van der Waals surface area contributed by atoms with Crippen LogP contribution in [0.25, 0.3) is 0 Å². The Bertz CT molecular complexity index is 633. The molecule has 1 saturated heterocycles. The van der Waals surface area contributed by atoms with Gasteiger partial charge in [0, 0.05) is 11.4 Å². The summed E-state index contributed by atoms with van der Waals surface area (Å²) in [6.07, 6.45) is 2.14. The van der Waals surface area contributed by atoms with E-state index in [0.717, 1.165) is 37.4 Å². The molecule has 1 aromatic heterocycles. The molecular weight excluding hydrogens is 308 g/mol. The van der Waals surface area contributed by atoms with Gasteiger partial charge in [0.2, 0.25) is 0 Å². The van der Waals surface area contributed by atoms with E-state index in [4.69, 9.17) is 4.74 Å². The molecule has 4 nitrogen and oxygen atoms in total. The summed E-state index contributed by atoms with van der Waals surface area (Å²) in [7, 11) is 0. The molecule has 0 atom stereocenters. The van der Waals surface area contributed by atoms with Gasteiger partial charge in [-0.1, -0.05) is 30.3 Å². The van der Waals surface area contributed by atoms with Gasteiger partial charge in [-0.2, -0.15) is 0 Å². The van der Waals surface area contributed by atoms with Crippen molar-refractivity contribution in [3.8, 4) is 0 Å². The number of piperidine rings is 1. The molecule has 1 aliphatic rings. The van der Waals surface area contributed by atoms with Crippen molar-refractivity contribution >= 4 is 17.3 Å². The molecule has 1 fully saturated rings. The van der Waals surface area contributed by atoms with Crippen LogP contribution in [0.5, 0.6) is 0 Å². The van der Waals surface area contributed by atoms with Crippen LogP contribution in [0.2, 0.25) is 0 Å². The number of thiazole rings is 1. The van der Waals surface area contributed by atoms with Crippen molar-refractivity contribution in [3.63, 3.8) is 0 Å². The van der Waals surface area contributed by atoms with Crippen LogP contribution < -0.4 is 0 Å². The fourth-order valence-electron chi connectivity index (χ4n) is 3.09. The Morgan fingerprint density at radius 2 is 2.04 bits per heavy atom. The van der Waals surface area contributed by atoms with Crippen LogP contribution in [0.4, 0.5) is 0 Å². The van der Waals surface area contributed by atoms with E-state index in [9.17, 15) is 4.79 Å². The standard InChI is InChI=1S/C18H22N2O2S/c1-2-22-18(21)16-17(23-13-19-16)15-8-10-20(11-9-15)12-14-6-4-3-5-7-14/h3-7,13,15H,2,8-12H2,1H3. The maximum Gasteiger partial charge on any atom is 0.358 e. The number of hydrogen-bond donors (Lipinski definition) is 0. The monoisotopic (exact) mass is 330 g/mol. The predicted molar refractivity (Wildman–Crippen MR) is 91.8 cm³/mol. The minimum atomic E-state index is -0.282. The van der Waals surface area contributed by atoms with Gasteiger partial charge < -0.3 is 4.74 Å². The van der Waals surface area contributed by atoms with E-state index in [0.29, 0.717) is 18.2 Å². The summed E-state index contributed by atoms with van der Waals surface area (Å²) in [5.74, 6) is 0.143. The Morgan fingerprint density at radius 3 is 2.74 bits per heavy atom. The zero-order valence-electron chi connectivity index (χ0n) is 13.4. The number of rotatable bonds is 5. The van der Waals surface area contributed by atoms with Gasteiger partial charge >= 0.3 is 5.97 Å². The minimum absolute atomic E-state index is 0.282. The number of likely N-dealkylation sites (tertiary alicyclic amines) is 1. The lowest BCUT2D eigenvalue weighted by molar-refractivity contribution is 0.0518. The molecule has 0 unspecified atom stereocenters. The molecular formula is C18H22N2O2S. The topological polar surface area (TPSA) is 42.4 Å². The first-order valence-electron chi connectivity index (χ1n) is 8.14. The zero-order chi connectivity index (χ0) is 16.1. The number of benzene rings is 1. The molecule has 122 valence electrons. The Hall–Kier alpha value is -1.72. The van der Waals surface area contributed by atoms with Gasteiger partial charge in [0.15, 0.2) is 5.69 Å². The Labute approximate surface area is 141 Å². The molecule has 0 N–H and O–H groups in total. The smallest absolute Gasteiger partial charge is 0.358 e. The molecule has 1 aromatic carbocycles. The molecule has 0 amide bonds. The number of ether oxygens (including phenoxy) is 1. The fraction of sp³-hybridized carbons (Fsp3) is 0.444. The average molecular weight is 330 g/mol. The van der Waals surface area contributed by atoms with Crippen molar-refractivity contribution in [2.75, 3.05) is 19.7 Å². The highest BCUT2D eigenvalue weighted by Crippen LogP contribution is 2.33. The Balaban J connectivity index is 1.59. The molecule has 0 saturated carbocycles. The van der Waals surface area contributed by atoms with Gasteiger partial charge in [-0.05, 0) is 44.3 Å². The lowest BCUT2D eigenvalue weighted by Crippen LogP contribution is -2.32. The van der Waals surface area contributed by atoms with E-state index >= 15 is 0 Å². The fourth-order valence-corrected chi connectivity index (χ4v) is 4.04. The van der Waals surface area contributed by atoms with E-state index < -0.39 is 0 Å². The summed E-state index contributed by atoms with van der Waals surface area (Å²) in [4.78, 5) is 19.8. The number of esters is 1. The van der Waals surface area contributed by atoms with Crippen molar-refractivity contribution < 1.29 is 9.53 Å². The lowest BCUT2D eigenvalue weighted by Gasteiger charge is -2.31. The quantitative estimate of drug-likeness (QED) is 0.784. The number of carbonyl (C=O) groups is 1. The van der Waals surface area contributed by atoms with E-state index in [1.807, 2.05) is 6.92 Å². The van der Waals surface area contributed by atoms with E-state index in [2.05, 4.69) is 40.2 Å². The SMILES string of the molecule is CCOC(=O)c1ncsc1C1CCN(Cc2ccccc2)CC1. The molecule has 5 heteroatoms. The highest BCUT2D eigenvalue weighted by atomic mass is 32.1. The third kappa shape index (κ3) is 3.98. The minimum Gasteiger partial charge on any atom is -0.461 e. The van der Waals surface area contributed by atoms with Crippen LogP contribution in [0.15, 0.2) is 35.8 Å². The molecule has 0 aliphatic carbocycles. The van der Waals surface area contributed by atoms with Crippen molar-refractivity contribution in [1.29, 1.82) is 0 Å². The first-order chi connectivity index (χ1) is 11.3. The third-order valence-electron chi connectivity index (χ3n) is 4.27. The maximum atomic E-state index is 12.0. The van der Waals surface area contributed by atoms with Gasteiger partial charge in [-0.3, -0.25) is 4.90 Å². The molecule has 0 bridgehead atoms. The second-order valence-corrected chi connectivity index (χ2v) is 6.71. The molecule has 2 heterocycles. The van der Waals surface area contributed by atoms with Gasteiger partial charge in [0.05, 0.1) is 12.1 Å². The highest BCUT2D eigenvalue weighted by molar-refractivity contribution is 7.10. The van der Waals surface area contributed by atoms with Crippen LogP contribution in [-0.2, 0) is 11.3 Å². The molecule has 0 radical (unpaired) electrons. The van der Waals surface area contributed by atoms with E-state index in [1.165, 1.54) is 5.56 Å². The van der Waals surface area contributed by atoms with E-state index in [1.54, 1.807) is 16.8 Å². The van der Waals surface area contributed by atoms with Crippen LogP contribution in [-0.4, -0.2) is 35.5 Å². The van der Waals surface area contributed by atoms with Crippen molar-refractivity contribution in [1.82, 2.24) is 9.88 Å². The maximum absolute atomic E-state index is 12.0. The van der Waals surface area contributed by atoms with Crippen LogP contribution in [0.3, 0.4) is 0 Å². The molecule has 2 aromatic rings. The second kappa shape index (κ2) is 7.70. The summed E-state index contributed by atoms with van der Waals surface area (Å²) < 4.78 is 5.11. The number of carbonyl (C=O) groups excluding carboxylic acids is 1. The van der Waals surface area contributed by atoms with Crippen LogP contribution in [0.1, 0.15) is 46.6 Å². The van der Waals surface area contributed by atoms with Crippen molar-refractivity contribution in [3.05, 3.63) is 52.0 Å². The van der Waals surface area contributed by atoms with Crippen molar-refractivity contribution in [2.45, 2.75) is 32.2 Å². The normalized spacial score (nSPS) is 16.4. The number of aromatic nitrogens is 1. The summed E-state index contributed by atoms with van der Waals surface area (Å²) >= 11 is 1.59. The first-order valence-corrected chi connectivity index (χ1v) is 9.02. The van der Waals surface area contributed by atoms with Crippen LogP contribution in [0, 0.1) is 0 Å². The Kier molecular flexibility index (Phi) is 5.41. The van der Waals surface area contributed by atoms with Crippen LogP contribution >= 0.6 is 11.3 Å². The lowest BCUT2D eigenvalue weighted by atomic mass is 9.94. The average Bonchev–Trinajstić information content (AvgIpc) is 3.06. The zero-order valence-corrected chi connectivity index (χ0v) is 14.2. The first kappa shape index (κ1) is 16.1. The third-order valence-corrected chi connectivity index (χ3v) is 5.26. The Morgan fingerprint density at radius 1 is 1.30 bits per heavy atom. The molecule has 3 rings (SSSR count).